The van der Waals surface area contributed by atoms with E-state index in [2.05, 4.69) is 67.9 Å². The molecule has 1 aliphatic rings. The van der Waals surface area contributed by atoms with Gasteiger partial charge in [0.05, 0.1) is 13.2 Å². The van der Waals surface area contributed by atoms with Crippen LogP contribution < -0.4 is 0 Å². The second-order valence-corrected chi connectivity index (χ2v) is 6.11. The maximum Gasteiger partial charge on any atom is 0.0631 e. The number of halogens is 2. The van der Waals surface area contributed by atoms with E-state index in [1.165, 1.54) is 11.1 Å². The van der Waals surface area contributed by atoms with Crippen molar-refractivity contribution in [1.29, 1.82) is 0 Å². The topological polar surface area (TPSA) is 12.5 Å². The normalized spacial score (nSPS) is 25.3. The van der Waals surface area contributed by atoms with Gasteiger partial charge in [-0.2, -0.15) is 0 Å². The number of alkyl halides is 2. The molecule has 1 fully saturated rings. The fourth-order valence-corrected chi connectivity index (χ4v) is 3.38. The third kappa shape index (κ3) is 3.56. The molecule has 0 radical (unpaired) electrons. The number of ether oxygens (including phenoxy) is 1. The van der Waals surface area contributed by atoms with Gasteiger partial charge in [-0.1, -0.05) is 61.7 Å². The molecule has 0 N–H and O–H groups in total. The van der Waals surface area contributed by atoms with Gasteiger partial charge in [-0.25, -0.2) is 0 Å². The van der Waals surface area contributed by atoms with Crippen LogP contribution in [0.2, 0.25) is 0 Å². The molecule has 2 rings (SSSR count). The molecule has 0 aromatic heterocycles. The van der Waals surface area contributed by atoms with Crippen LogP contribution in [0.15, 0.2) is 24.3 Å². The van der Waals surface area contributed by atoms with E-state index in [9.17, 15) is 0 Å². The summed E-state index contributed by atoms with van der Waals surface area (Å²) >= 11 is 7.19. The molecular formula is C14H19Br2NO. The summed E-state index contributed by atoms with van der Waals surface area (Å²) < 4.78 is 5.66. The zero-order valence-corrected chi connectivity index (χ0v) is 13.8. The third-order valence-corrected chi connectivity index (χ3v) is 4.90. The van der Waals surface area contributed by atoms with Crippen LogP contribution in [0.25, 0.3) is 0 Å². The van der Waals surface area contributed by atoms with Gasteiger partial charge in [0.15, 0.2) is 0 Å². The zero-order chi connectivity index (χ0) is 13.0. The molecule has 0 amide bonds. The second kappa shape index (κ2) is 7.04. The van der Waals surface area contributed by atoms with Gasteiger partial charge in [0.2, 0.25) is 0 Å². The van der Waals surface area contributed by atoms with E-state index < -0.39 is 0 Å². The van der Waals surface area contributed by atoms with E-state index in [0.29, 0.717) is 12.1 Å². The first-order valence-corrected chi connectivity index (χ1v) is 8.50. The quantitative estimate of drug-likeness (QED) is 0.747. The number of nitrogens with zero attached hydrogens (tertiary/aromatic N) is 1. The largest absolute Gasteiger partial charge is 0.378 e. The Morgan fingerprint density at radius 1 is 1.11 bits per heavy atom. The highest BCUT2D eigenvalue weighted by Gasteiger charge is 2.29. The maximum absolute atomic E-state index is 5.66. The molecule has 100 valence electrons. The van der Waals surface area contributed by atoms with Gasteiger partial charge in [-0.3, -0.25) is 4.90 Å². The summed E-state index contributed by atoms with van der Waals surface area (Å²) in [4.78, 5) is 2.54. The lowest BCUT2D eigenvalue weighted by Crippen LogP contribution is -2.53. The first-order chi connectivity index (χ1) is 8.74. The molecular weight excluding hydrogens is 358 g/mol. The molecule has 0 saturated carbocycles. The minimum atomic E-state index is 0.461. The maximum atomic E-state index is 5.66. The smallest absolute Gasteiger partial charge is 0.0631 e. The van der Waals surface area contributed by atoms with Crippen LogP contribution in [0.5, 0.6) is 0 Å². The summed E-state index contributed by atoms with van der Waals surface area (Å²) in [6.07, 6.45) is 0. The van der Waals surface area contributed by atoms with Crippen LogP contribution in [0.1, 0.15) is 11.1 Å². The van der Waals surface area contributed by atoms with Crippen LogP contribution in [0, 0.1) is 6.92 Å². The number of aryl methyl sites for hydroxylation is 1. The van der Waals surface area contributed by atoms with Crippen molar-refractivity contribution in [3.05, 3.63) is 35.4 Å². The number of hydrogen-bond acceptors (Lipinski definition) is 2. The number of morpholine rings is 1. The van der Waals surface area contributed by atoms with Gasteiger partial charge >= 0.3 is 0 Å². The lowest BCUT2D eigenvalue weighted by atomic mass is 10.1. The second-order valence-electron chi connectivity index (χ2n) is 4.81. The van der Waals surface area contributed by atoms with Crippen molar-refractivity contribution < 1.29 is 4.74 Å². The molecule has 4 heteroatoms. The zero-order valence-electron chi connectivity index (χ0n) is 10.6. The SMILES string of the molecule is Cc1ccc(CN2[C@H](CBr)COC[C@@H]2CBr)cc1. The van der Waals surface area contributed by atoms with Gasteiger partial charge in [0.1, 0.15) is 0 Å². The van der Waals surface area contributed by atoms with Crippen LogP contribution in [-0.4, -0.2) is 40.9 Å². The Bertz CT molecular complexity index is 357. The summed E-state index contributed by atoms with van der Waals surface area (Å²) in [7, 11) is 0. The van der Waals surface area contributed by atoms with Crippen molar-refractivity contribution in [3.8, 4) is 0 Å². The molecule has 1 aromatic carbocycles. The van der Waals surface area contributed by atoms with E-state index >= 15 is 0 Å². The van der Waals surface area contributed by atoms with Gasteiger partial charge < -0.3 is 4.74 Å². The summed E-state index contributed by atoms with van der Waals surface area (Å²) in [5.41, 5.74) is 2.69. The molecule has 0 aliphatic carbocycles. The molecule has 1 aliphatic heterocycles. The Labute approximate surface area is 126 Å². The molecule has 2 atom stereocenters. The summed E-state index contributed by atoms with van der Waals surface area (Å²) in [6, 6.07) is 9.73. The summed E-state index contributed by atoms with van der Waals surface area (Å²) in [6.45, 7) is 4.76. The molecule has 18 heavy (non-hydrogen) atoms. The standard InChI is InChI=1S/C14H19Br2NO/c1-11-2-4-12(5-3-11)8-17-13(6-15)9-18-10-14(17)7-16/h2-5,13-14H,6-10H2,1H3/t13-,14+. The van der Waals surface area contributed by atoms with Crippen LogP contribution in [0.3, 0.4) is 0 Å². The minimum Gasteiger partial charge on any atom is -0.378 e. The van der Waals surface area contributed by atoms with E-state index in [1.807, 2.05) is 0 Å². The highest BCUT2D eigenvalue weighted by molar-refractivity contribution is 9.09. The van der Waals surface area contributed by atoms with Crippen molar-refractivity contribution >= 4 is 31.9 Å². The summed E-state index contributed by atoms with van der Waals surface area (Å²) in [5, 5.41) is 1.92. The fourth-order valence-electron chi connectivity index (χ4n) is 2.26. The molecule has 1 heterocycles. The minimum absolute atomic E-state index is 0.461. The predicted molar refractivity (Wildman–Crippen MR) is 82.7 cm³/mol. The van der Waals surface area contributed by atoms with Crippen molar-refractivity contribution in [2.75, 3.05) is 23.9 Å². The van der Waals surface area contributed by atoms with E-state index in [4.69, 9.17) is 4.74 Å². The first-order valence-electron chi connectivity index (χ1n) is 6.25. The van der Waals surface area contributed by atoms with Crippen LogP contribution >= 0.6 is 31.9 Å². The number of benzene rings is 1. The Balaban J connectivity index is 2.09. The number of rotatable bonds is 4. The average molecular weight is 377 g/mol. The highest BCUT2D eigenvalue weighted by Crippen LogP contribution is 2.20. The Kier molecular flexibility index (Phi) is 5.67. The van der Waals surface area contributed by atoms with Gasteiger partial charge in [0, 0.05) is 29.3 Å². The monoisotopic (exact) mass is 375 g/mol. The van der Waals surface area contributed by atoms with Gasteiger partial charge in [-0.15, -0.1) is 0 Å². The average Bonchev–Trinajstić information content (AvgIpc) is 2.41. The van der Waals surface area contributed by atoms with Gasteiger partial charge in [-0.05, 0) is 12.5 Å². The highest BCUT2D eigenvalue weighted by atomic mass is 79.9. The molecule has 1 saturated heterocycles. The van der Waals surface area contributed by atoms with Crippen molar-refractivity contribution in [2.24, 2.45) is 0 Å². The van der Waals surface area contributed by atoms with Crippen molar-refractivity contribution in [1.82, 2.24) is 4.90 Å². The summed E-state index contributed by atoms with van der Waals surface area (Å²) in [5.74, 6) is 0. The molecule has 2 nitrogen and oxygen atoms in total. The number of hydrogen-bond donors (Lipinski definition) is 0. The molecule has 0 bridgehead atoms. The molecule has 1 aromatic rings. The van der Waals surface area contributed by atoms with Gasteiger partial charge in [0.25, 0.3) is 0 Å². The van der Waals surface area contributed by atoms with E-state index in [0.717, 1.165) is 30.4 Å². The van der Waals surface area contributed by atoms with E-state index in [-0.39, 0.29) is 0 Å². The lowest BCUT2D eigenvalue weighted by molar-refractivity contribution is -0.0367. The molecule has 0 spiro atoms. The van der Waals surface area contributed by atoms with Crippen LogP contribution in [-0.2, 0) is 11.3 Å². The third-order valence-electron chi connectivity index (χ3n) is 3.40. The lowest BCUT2D eigenvalue weighted by Gasteiger charge is -2.40. The Morgan fingerprint density at radius 3 is 2.17 bits per heavy atom. The first kappa shape index (κ1) is 14.5. The predicted octanol–water partition coefficient (Wildman–Crippen LogP) is 3.35. The Morgan fingerprint density at radius 2 is 1.67 bits per heavy atom. The van der Waals surface area contributed by atoms with E-state index in [1.54, 1.807) is 0 Å². The Hall–Kier alpha value is 0.1000. The van der Waals surface area contributed by atoms with Crippen molar-refractivity contribution in [3.63, 3.8) is 0 Å². The van der Waals surface area contributed by atoms with Crippen LogP contribution in [0.4, 0.5) is 0 Å². The van der Waals surface area contributed by atoms with Crippen molar-refractivity contribution in [2.45, 2.75) is 25.6 Å². The fraction of sp³-hybridized carbons (Fsp3) is 0.571. The molecule has 0 unspecified atom stereocenters.